The van der Waals surface area contributed by atoms with Crippen molar-refractivity contribution in [2.24, 2.45) is 0 Å². The van der Waals surface area contributed by atoms with Gasteiger partial charge in [0.1, 0.15) is 17.0 Å². The summed E-state index contributed by atoms with van der Waals surface area (Å²) in [4.78, 5) is 9.39. The second kappa shape index (κ2) is 5.56. The Morgan fingerprint density at radius 1 is 1.30 bits per heavy atom. The lowest BCUT2D eigenvalue weighted by atomic mass is 10.1. The number of aromatic nitrogens is 2. The van der Waals surface area contributed by atoms with E-state index in [4.69, 9.17) is 0 Å². The Bertz CT molecular complexity index is 726. The van der Waals surface area contributed by atoms with Crippen molar-refractivity contribution < 1.29 is 5.11 Å². The number of hydrogen-bond acceptors (Lipinski definition) is 5. The molecular formula is C15H15N3OS. The largest absolute Gasteiger partial charge is 0.387 e. The Kier molecular flexibility index (Phi) is 3.62. The zero-order chi connectivity index (χ0) is 13.9. The first-order valence-electron chi connectivity index (χ1n) is 6.41. The van der Waals surface area contributed by atoms with Crippen LogP contribution in [0, 0.1) is 6.92 Å². The predicted molar refractivity (Wildman–Crippen MR) is 82.0 cm³/mol. The SMILES string of the molecule is Cc1cccc(C(O)CNc2ncnc3sccc23)c1. The Hall–Kier alpha value is -1.98. The van der Waals surface area contributed by atoms with Gasteiger partial charge in [0.25, 0.3) is 0 Å². The van der Waals surface area contributed by atoms with Crippen LogP contribution in [0.4, 0.5) is 5.82 Å². The molecule has 3 aromatic rings. The van der Waals surface area contributed by atoms with Crippen molar-refractivity contribution in [1.82, 2.24) is 9.97 Å². The van der Waals surface area contributed by atoms with Crippen molar-refractivity contribution in [3.63, 3.8) is 0 Å². The highest BCUT2D eigenvalue weighted by molar-refractivity contribution is 7.16. The van der Waals surface area contributed by atoms with E-state index in [2.05, 4.69) is 15.3 Å². The van der Waals surface area contributed by atoms with Crippen LogP contribution < -0.4 is 5.32 Å². The number of rotatable bonds is 4. The molecule has 3 rings (SSSR count). The summed E-state index contributed by atoms with van der Waals surface area (Å²) in [7, 11) is 0. The zero-order valence-corrected chi connectivity index (χ0v) is 11.9. The first-order valence-corrected chi connectivity index (χ1v) is 7.29. The van der Waals surface area contributed by atoms with Crippen LogP contribution in [0.2, 0.25) is 0 Å². The Morgan fingerprint density at radius 3 is 3.05 bits per heavy atom. The molecule has 0 amide bonds. The zero-order valence-electron chi connectivity index (χ0n) is 11.1. The van der Waals surface area contributed by atoms with E-state index in [0.29, 0.717) is 6.54 Å². The molecule has 0 spiro atoms. The second-order valence-corrected chi connectivity index (χ2v) is 5.57. The lowest BCUT2D eigenvalue weighted by Gasteiger charge is -2.13. The summed E-state index contributed by atoms with van der Waals surface area (Å²) in [6.07, 6.45) is 0.985. The third-order valence-electron chi connectivity index (χ3n) is 3.15. The fraction of sp³-hybridized carbons (Fsp3) is 0.200. The number of fused-ring (bicyclic) bond motifs is 1. The summed E-state index contributed by atoms with van der Waals surface area (Å²) < 4.78 is 0. The number of benzene rings is 1. The molecule has 0 aliphatic rings. The minimum Gasteiger partial charge on any atom is -0.387 e. The number of aryl methyl sites for hydroxylation is 1. The molecule has 1 aromatic carbocycles. The molecule has 102 valence electrons. The smallest absolute Gasteiger partial charge is 0.138 e. The van der Waals surface area contributed by atoms with E-state index >= 15 is 0 Å². The van der Waals surface area contributed by atoms with Crippen LogP contribution in [-0.2, 0) is 0 Å². The molecule has 0 saturated carbocycles. The number of thiophene rings is 1. The predicted octanol–water partition coefficient (Wildman–Crippen LogP) is 3.15. The molecule has 0 saturated heterocycles. The van der Waals surface area contributed by atoms with Gasteiger partial charge in [-0.15, -0.1) is 11.3 Å². The summed E-state index contributed by atoms with van der Waals surface area (Å²) in [6, 6.07) is 9.88. The Labute approximate surface area is 121 Å². The molecule has 2 aromatic heterocycles. The first kappa shape index (κ1) is 13.0. The molecule has 0 bridgehead atoms. The van der Waals surface area contributed by atoms with Gasteiger partial charge in [-0.05, 0) is 23.9 Å². The molecular weight excluding hydrogens is 270 g/mol. The van der Waals surface area contributed by atoms with E-state index < -0.39 is 6.10 Å². The highest BCUT2D eigenvalue weighted by Gasteiger charge is 2.09. The first-order chi connectivity index (χ1) is 9.74. The van der Waals surface area contributed by atoms with Crippen molar-refractivity contribution in [3.05, 3.63) is 53.2 Å². The Morgan fingerprint density at radius 2 is 2.20 bits per heavy atom. The average Bonchev–Trinajstić information content (AvgIpc) is 2.93. The van der Waals surface area contributed by atoms with Crippen molar-refractivity contribution in [3.8, 4) is 0 Å². The van der Waals surface area contributed by atoms with Crippen LogP contribution in [0.25, 0.3) is 10.2 Å². The van der Waals surface area contributed by atoms with Gasteiger partial charge in [-0.3, -0.25) is 0 Å². The topological polar surface area (TPSA) is 58.0 Å². The quantitative estimate of drug-likeness (QED) is 0.773. The maximum Gasteiger partial charge on any atom is 0.138 e. The minimum atomic E-state index is -0.557. The molecule has 0 aliphatic heterocycles. The van der Waals surface area contributed by atoms with Crippen LogP contribution in [0.1, 0.15) is 17.2 Å². The molecule has 5 heteroatoms. The maximum absolute atomic E-state index is 10.2. The van der Waals surface area contributed by atoms with Gasteiger partial charge in [0.05, 0.1) is 11.5 Å². The van der Waals surface area contributed by atoms with E-state index in [1.54, 1.807) is 17.7 Å². The van der Waals surface area contributed by atoms with Gasteiger partial charge in [-0.25, -0.2) is 9.97 Å². The molecule has 1 unspecified atom stereocenters. The number of hydrogen-bond donors (Lipinski definition) is 2. The van der Waals surface area contributed by atoms with Gasteiger partial charge in [0.2, 0.25) is 0 Å². The van der Waals surface area contributed by atoms with Gasteiger partial charge >= 0.3 is 0 Å². The fourth-order valence-corrected chi connectivity index (χ4v) is 2.85. The van der Waals surface area contributed by atoms with Gasteiger partial charge < -0.3 is 10.4 Å². The number of aliphatic hydroxyl groups is 1. The average molecular weight is 285 g/mol. The van der Waals surface area contributed by atoms with Crippen LogP contribution in [0.3, 0.4) is 0 Å². The van der Waals surface area contributed by atoms with Crippen molar-refractivity contribution >= 4 is 27.4 Å². The van der Waals surface area contributed by atoms with Crippen LogP contribution in [-0.4, -0.2) is 21.6 Å². The maximum atomic E-state index is 10.2. The summed E-state index contributed by atoms with van der Waals surface area (Å²) in [5.41, 5.74) is 2.05. The molecule has 0 aliphatic carbocycles. The van der Waals surface area contributed by atoms with E-state index in [9.17, 15) is 5.11 Å². The molecule has 1 atom stereocenters. The van der Waals surface area contributed by atoms with Crippen molar-refractivity contribution in [2.45, 2.75) is 13.0 Å². The van der Waals surface area contributed by atoms with Gasteiger partial charge in [0, 0.05) is 6.54 Å². The number of nitrogens with zero attached hydrogens (tertiary/aromatic N) is 2. The second-order valence-electron chi connectivity index (χ2n) is 4.67. The van der Waals surface area contributed by atoms with E-state index in [1.165, 1.54) is 0 Å². The van der Waals surface area contributed by atoms with E-state index in [-0.39, 0.29) is 0 Å². The van der Waals surface area contributed by atoms with Gasteiger partial charge in [0.15, 0.2) is 0 Å². The van der Waals surface area contributed by atoms with Gasteiger partial charge in [-0.1, -0.05) is 29.8 Å². The summed E-state index contributed by atoms with van der Waals surface area (Å²) in [5.74, 6) is 0.767. The summed E-state index contributed by atoms with van der Waals surface area (Å²) >= 11 is 1.58. The van der Waals surface area contributed by atoms with Crippen LogP contribution in [0.5, 0.6) is 0 Å². The third-order valence-corrected chi connectivity index (χ3v) is 3.97. The molecule has 2 N–H and O–H groups in total. The molecule has 20 heavy (non-hydrogen) atoms. The lowest BCUT2D eigenvalue weighted by Crippen LogP contribution is -2.13. The molecule has 2 heterocycles. The van der Waals surface area contributed by atoms with Crippen molar-refractivity contribution in [1.29, 1.82) is 0 Å². The van der Waals surface area contributed by atoms with Gasteiger partial charge in [-0.2, -0.15) is 0 Å². The highest BCUT2D eigenvalue weighted by Crippen LogP contribution is 2.24. The number of aliphatic hydroxyl groups excluding tert-OH is 1. The molecule has 0 radical (unpaired) electrons. The summed E-state index contributed by atoms with van der Waals surface area (Å²) in [5, 5.41) is 16.4. The summed E-state index contributed by atoms with van der Waals surface area (Å²) in [6.45, 7) is 2.44. The highest BCUT2D eigenvalue weighted by atomic mass is 32.1. The normalized spacial score (nSPS) is 12.5. The third kappa shape index (κ3) is 2.64. The monoisotopic (exact) mass is 285 g/mol. The molecule has 4 nitrogen and oxygen atoms in total. The standard InChI is InChI=1S/C15H15N3OS/c1-10-3-2-4-11(7-10)13(19)8-16-14-12-5-6-20-15(12)18-9-17-14/h2-7,9,13,19H,8H2,1H3,(H,16,17,18). The fourth-order valence-electron chi connectivity index (χ4n) is 2.12. The lowest BCUT2D eigenvalue weighted by molar-refractivity contribution is 0.191. The van der Waals surface area contributed by atoms with Crippen LogP contribution >= 0.6 is 11.3 Å². The van der Waals surface area contributed by atoms with E-state index in [1.807, 2.05) is 42.6 Å². The molecule has 0 fully saturated rings. The Balaban J connectivity index is 1.74. The number of anilines is 1. The van der Waals surface area contributed by atoms with E-state index in [0.717, 1.165) is 27.2 Å². The van der Waals surface area contributed by atoms with Crippen LogP contribution in [0.15, 0.2) is 42.0 Å². The van der Waals surface area contributed by atoms with Crippen molar-refractivity contribution in [2.75, 3.05) is 11.9 Å². The minimum absolute atomic E-state index is 0.422. The number of nitrogens with one attached hydrogen (secondary N) is 1.